The molecule has 1 aromatic rings. The monoisotopic (exact) mass is 424 g/mol. The van der Waals surface area contributed by atoms with Crippen LogP contribution in [0.3, 0.4) is 0 Å². The van der Waals surface area contributed by atoms with Crippen molar-refractivity contribution in [3.8, 4) is 0 Å². The molecule has 1 unspecified atom stereocenters. The van der Waals surface area contributed by atoms with Crippen LogP contribution in [-0.4, -0.2) is 35.2 Å². The van der Waals surface area contributed by atoms with E-state index in [4.69, 9.17) is 5.11 Å². The van der Waals surface area contributed by atoms with Gasteiger partial charge in [-0.25, -0.2) is 9.59 Å². The number of hydrogen-bond acceptors (Lipinski definition) is 3. The number of amides is 2. The number of anilines is 1. The third-order valence-corrected chi connectivity index (χ3v) is 4.22. The van der Waals surface area contributed by atoms with Gasteiger partial charge in [-0.15, -0.1) is 0 Å². The predicted molar refractivity (Wildman–Crippen MR) is 88.4 cm³/mol. The van der Waals surface area contributed by atoms with Gasteiger partial charge in [-0.3, -0.25) is 0 Å². The van der Waals surface area contributed by atoms with Crippen molar-refractivity contribution >= 4 is 61.3 Å². The Bertz CT molecular complexity index is 500. The van der Waals surface area contributed by atoms with Crippen molar-refractivity contribution in [2.24, 2.45) is 0 Å². The van der Waals surface area contributed by atoms with Crippen LogP contribution in [0.1, 0.15) is 6.42 Å². The summed E-state index contributed by atoms with van der Waals surface area (Å²) in [6.07, 6.45) is 2.27. The Balaban J connectivity index is 2.65. The molecule has 5 nitrogen and oxygen atoms in total. The standard InChI is InChI=1S/C12H14Br2N2O3S/c1-20-5-4-9(11(17)18)15-12(19)16-10-6-7(13)2-3-8(10)14/h2-3,6,9H,4-5H2,1H3,(H,17,18)(H2,15,16,19). The van der Waals surface area contributed by atoms with Crippen LogP contribution in [0.5, 0.6) is 0 Å². The molecule has 1 rings (SSSR count). The second-order valence-corrected chi connectivity index (χ2v) is 6.65. The zero-order valence-electron chi connectivity index (χ0n) is 10.7. The molecule has 3 N–H and O–H groups in total. The first-order chi connectivity index (χ1) is 9.43. The lowest BCUT2D eigenvalue weighted by Crippen LogP contribution is -2.43. The van der Waals surface area contributed by atoms with Crippen LogP contribution in [0.15, 0.2) is 27.1 Å². The minimum absolute atomic E-state index is 0.379. The second kappa shape index (κ2) is 8.53. The first-order valence-corrected chi connectivity index (χ1v) is 8.66. The number of urea groups is 1. The highest BCUT2D eigenvalue weighted by atomic mass is 79.9. The van der Waals surface area contributed by atoms with E-state index in [1.54, 1.807) is 12.1 Å². The SMILES string of the molecule is CSCCC(NC(=O)Nc1cc(Br)ccc1Br)C(=O)O. The van der Waals surface area contributed by atoms with Gasteiger partial charge in [0, 0.05) is 8.95 Å². The van der Waals surface area contributed by atoms with Crippen LogP contribution >= 0.6 is 43.6 Å². The molecular weight excluding hydrogens is 412 g/mol. The van der Waals surface area contributed by atoms with Crippen LogP contribution in [0.4, 0.5) is 10.5 Å². The number of carboxylic acid groups (broad SMARTS) is 1. The van der Waals surface area contributed by atoms with E-state index in [1.165, 1.54) is 11.8 Å². The summed E-state index contributed by atoms with van der Waals surface area (Å²) in [6.45, 7) is 0. The fraction of sp³-hybridized carbons (Fsp3) is 0.333. The van der Waals surface area contributed by atoms with Gasteiger partial charge in [0.1, 0.15) is 6.04 Å². The first kappa shape index (κ1) is 17.3. The van der Waals surface area contributed by atoms with Gasteiger partial charge in [-0.1, -0.05) is 15.9 Å². The van der Waals surface area contributed by atoms with Gasteiger partial charge in [0.25, 0.3) is 0 Å². The van der Waals surface area contributed by atoms with Crippen molar-refractivity contribution in [1.29, 1.82) is 0 Å². The lowest BCUT2D eigenvalue weighted by atomic mass is 10.2. The average Bonchev–Trinajstić information content (AvgIpc) is 2.38. The van der Waals surface area contributed by atoms with Crippen LogP contribution in [0.2, 0.25) is 0 Å². The molecule has 0 radical (unpaired) electrons. The van der Waals surface area contributed by atoms with Gasteiger partial charge in [0.15, 0.2) is 0 Å². The minimum atomic E-state index is -1.04. The van der Waals surface area contributed by atoms with Crippen molar-refractivity contribution in [3.63, 3.8) is 0 Å². The molecule has 0 spiro atoms. The predicted octanol–water partition coefficient (Wildman–Crippen LogP) is 3.54. The number of thioether (sulfide) groups is 1. The normalized spacial score (nSPS) is 11.8. The van der Waals surface area contributed by atoms with Gasteiger partial charge < -0.3 is 15.7 Å². The summed E-state index contributed by atoms with van der Waals surface area (Å²) in [4.78, 5) is 22.9. The molecule has 0 saturated carbocycles. The Hall–Kier alpha value is -0.730. The molecule has 8 heteroatoms. The van der Waals surface area contributed by atoms with E-state index < -0.39 is 18.0 Å². The fourth-order valence-electron chi connectivity index (χ4n) is 1.40. The average molecular weight is 426 g/mol. The summed E-state index contributed by atoms with van der Waals surface area (Å²) in [5.74, 6) is -0.375. The highest BCUT2D eigenvalue weighted by molar-refractivity contribution is 9.11. The van der Waals surface area contributed by atoms with Crippen LogP contribution in [-0.2, 0) is 4.79 Å². The van der Waals surface area contributed by atoms with E-state index in [-0.39, 0.29) is 0 Å². The maximum absolute atomic E-state index is 11.8. The van der Waals surface area contributed by atoms with Gasteiger partial charge in [-0.05, 0) is 52.6 Å². The van der Waals surface area contributed by atoms with Crippen molar-refractivity contribution < 1.29 is 14.7 Å². The molecule has 0 heterocycles. The number of carbonyl (C=O) groups is 2. The van der Waals surface area contributed by atoms with Gasteiger partial charge in [0.05, 0.1) is 5.69 Å². The van der Waals surface area contributed by atoms with Crippen LogP contribution < -0.4 is 10.6 Å². The van der Waals surface area contributed by atoms with Crippen molar-refractivity contribution in [1.82, 2.24) is 5.32 Å². The summed E-state index contributed by atoms with van der Waals surface area (Å²) in [5.41, 5.74) is 0.561. The highest BCUT2D eigenvalue weighted by Crippen LogP contribution is 2.26. The number of hydrogen-bond donors (Lipinski definition) is 3. The molecule has 0 aromatic heterocycles. The largest absolute Gasteiger partial charge is 0.480 e. The molecule has 0 fully saturated rings. The summed E-state index contributed by atoms with van der Waals surface area (Å²) in [7, 11) is 0. The Kier molecular flexibility index (Phi) is 7.39. The van der Waals surface area contributed by atoms with E-state index in [1.807, 2.05) is 12.3 Å². The summed E-state index contributed by atoms with van der Waals surface area (Å²) in [5, 5.41) is 14.1. The second-order valence-electron chi connectivity index (χ2n) is 3.89. The highest BCUT2D eigenvalue weighted by Gasteiger charge is 2.19. The third kappa shape index (κ3) is 5.72. The number of aliphatic carboxylic acids is 1. The van der Waals surface area contributed by atoms with E-state index in [0.29, 0.717) is 22.3 Å². The lowest BCUT2D eigenvalue weighted by molar-refractivity contribution is -0.139. The quantitative estimate of drug-likeness (QED) is 0.651. The van der Waals surface area contributed by atoms with Gasteiger partial charge in [-0.2, -0.15) is 11.8 Å². The fourth-order valence-corrected chi connectivity index (χ4v) is 2.58. The number of halogens is 2. The number of carbonyl (C=O) groups excluding carboxylic acids is 1. The molecule has 1 aromatic carbocycles. The molecule has 0 bridgehead atoms. The molecule has 0 aliphatic heterocycles. The van der Waals surface area contributed by atoms with E-state index in [2.05, 4.69) is 42.5 Å². The van der Waals surface area contributed by atoms with Crippen molar-refractivity contribution in [3.05, 3.63) is 27.1 Å². The van der Waals surface area contributed by atoms with Crippen molar-refractivity contribution in [2.45, 2.75) is 12.5 Å². The van der Waals surface area contributed by atoms with E-state index >= 15 is 0 Å². The van der Waals surface area contributed by atoms with Gasteiger partial charge in [0.2, 0.25) is 0 Å². The third-order valence-electron chi connectivity index (χ3n) is 2.39. The summed E-state index contributed by atoms with van der Waals surface area (Å²) in [6, 6.07) is 3.89. The molecule has 2 amide bonds. The van der Waals surface area contributed by atoms with Crippen LogP contribution in [0, 0.1) is 0 Å². The zero-order valence-corrected chi connectivity index (χ0v) is 14.6. The van der Waals surface area contributed by atoms with Gasteiger partial charge >= 0.3 is 12.0 Å². The minimum Gasteiger partial charge on any atom is -0.480 e. The molecule has 0 saturated heterocycles. The van der Waals surface area contributed by atoms with E-state index in [9.17, 15) is 9.59 Å². The Morgan fingerprint density at radius 1 is 1.40 bits per heavy atom. The zero-order chi connectivity index (χ0) is 15.1. The molecule has 20 heavy (non-hydrogen) atoms. The number of benzene rings is 1. The summed E-state index contributed by atoms with van der Waals surface area (Å²) >= 11 is 8.15. The Labute approximate surface area is 138 Å². The molecule has 0 aliphatic rings. The summed E-state index contributed by atoms with van der Waals surface area (Å²) < 4.78 is 1.53. The maximum atomic E-state index is 11.8. The number of rotatable bonds is 6. The topological polar surface area (TPSA) is 78.4 Å². The first-order valence-electron chi connectivity index (χ1n) is 5.68. The molecular formula is C12H14Br2N2O3S. The lowest BCUT2D eigenvalue weighted by Gasteiger charge is -2.15. The molecule has 0 aliphatic carbocycles. The Morgan fingerprint density at radius 3 is 2.70 bits per heavy atom. The van der Waals surface area contributed by atoms with Crippen molar-refractivity contribution in [2.75, 3.05) is 17.3 Å². The Morgan fingerprint density at radius 2 is 2.10 bits per heavy atom. The number of nitrogens with one attached hydrogen (secondary N) is 2. The van der Waals surface area contributed by atoms with Crippen LogP contribution in [0.25, 0.3) is 0 Å². The number of carboxylic acids is 1. The smallest absolute Gasteiger partial charge is 0.326 e. The van der Waals surface area contributed by atoms with E-state index in [0.717, 1.165) is 4.47 Å². The molecule has 1 atom stereocenters. The maximum Gasteiger partial charge on any atom is 0.326 e. The molecule has 110 valence electrons.